The van der Waals surface area contributed by atoms with Gasteiger partial charge < -0.3 is 5.73 Å². The first-order valence-electron chi connectivity index (χ1n) is 6.62. The molecule has 94 valence electrons. The highest BCUT2D eigenvalue weighted by atomic mass is 15.2. The van der Waals surface area contributed by atoms with Crippen LogP contribution >= 0.6 is 0 Å². The van der Waals surface area contributed by atoms with E-state index in [-0.39, 0.29) is 5.41 Å². The lowest BCUT2D eigenvalue weighted by Gasteiger charge is -2.38. The summed E-state index contributed by atoms with van der Waals surface area (Å²) in [5.41, 5.74) is 8.16. The Balaban J connectivity index is 2.19. The Labute approximate surface area is 105 Å². The van der Waals surface area contributed by atoms with Crippen molar-refractivity contribution in [3.05, 3.63) is 29.8 Å². The number of nitrogens with zero attached hydrogens (tertiary/aromatic N) is 1. The minimum atomic E-state index is 0.179. The van der Waals surface area contributed by atoms with Crippen LogP contribution in [0.15, 0.2) is 24.3 Å². The fourth-order valence-corrected chi connectivity index (χ4v) is 2.74. The van der Waals surface area contributed by atoms with E-state index in [2.05, 4.69) is 37.8 Å². The Hall–Kier alpha value is -1.02. The summed E-state index contributed by atoms with van der Waals surface area (Å²) in [6.07, 6.45) is 2.70. The van der Waals surface area contributed by atoms with Crippen LogP contribution in [0.25, 0.3) is 0 Å². The van der Waals surface area contributed by atoms with E-state index in [1.807, 2.05) is 12.1 Å². The molecular formula is C15H24N2. The van der Waals surface area contributed by atoms with Gasteiger partial charge in [0, 0.05) is 17.1 Å². The third-order valence-corrected chi connectivity index (χ3v) is 4.39. The van der Waals surface area contributed by atoms with Gasteiger partial charge in [0.05, 0.1) is 0 Å². The first kappa shape index (κ1) is 12.4. The van der Waals surface area contributed by atoms with Crippen molar-refractivity contribution in [3.63, 3.8) is 0 Å². The van der Waals surface area contributed by atoms with Crippen molar-refractivity contribution in [3.8, 4) is 0 Å². The van der Waals surface area contributed by atoms with Crippen molar-refractivity contribution in [1.82, 2.24) is 4.90 Å². The van der Waals surface area contributed by atoms with Gasteiger partial charge in [-0.1, -0.05) is 26.0 Å². The summed E-state index contributed by atoms with van der Waals surface area (Å²) in [6.45, 7) is 9.52. The molecule has 0 saturated carbocycles. The van der Waals surface area contributed by atoms with Gasteiger partial charge in [-0.3, -0.25) is 4.90 Å². The minimum Gasteiger partial charge on any atom is -0.399 e. The lowest BCUT2D eigenvalue weighted by atomic mass is 9.78. The van der Waals surface area contributed by atoms with Gasteiger partial charge in [0.1, 0.15) is 0 Å². The molecule has 2 heteroatoms. The number of rotatable bonds is 3. The quantitative estimate of drug-likeness (QED) is 0.812. The zero-order valence-electron chi connectivity index (χ0n) is 11.2. The smallest absolute Gasteiger partial charge is 0.0314 e. The molecule has 17 heavy (non-hydrogen) atoms. The summed E-state index contributed by atoms with van der Waals surface area (Å²) in [5.74, 6) is 0. The SMILES string of the molecule is CC(N1CCCC1)C(C)(C)c1ccc(N)cc1. The predicted octanol–water partition coefficient (Wildman–Crippen LogP) is 3.03. The van der Waals surface area contributed by atoms with Gasteiger partial charge in [-0.2, -0.15) is 0 Å². The Morgan fingerprint density at radius 3 is 2.18 bits per heavy atom. The summed E-state index contributed by atoms with van der Waals surface area (Å²) in [7, 11) is 0. The minimum absolute atomic E-state index is 0.179. The van der Waals surface area contributed by atoms with Crippen molar-refractivity contribution in [1.29, 1.82) is 0 Å². The van der Waals surface area contributed by atoms with Gasteiger partial charge in [0.15, 0.2) is 0 Å². The molecule has 0 bridgehead atoms. The highest BCUT2D eigenvalue weighted by molar-refractivity contribution is 5.41. The second kappa shape index (κ2) is 4.69. The van der Waals surface area contributed by atoms with E-state index in [4.69, 9.17) is 5.73 Å². The maximum atomic E-state index is 5.76. The van der Waals surface area contributed by atoms with E-state index in [1.54, 1.807) is 0 Å². The molecular weight excluding hydrogens is 208 g/mol. The molecule has 1 atom stereocenters. The molecule has 1 saturated heterocycles. The van der Waals surface area contributed by atoms with Gasteiger partial charge >= 0.3 is 0 Å². The van der Waals surface area contributed by atoms with E-state index >= 15 is 0 Å². The normalized spacial score (nSPS) is 19.5. The summed E-state index contributed by atoms with van der Waals surface area (Å²) in [6, 6.07) is 8.93. The van der Waals surface area contributed by atoms with E-state index in [0.29, 0.717) is 6.04 Å². The molecule has 1 unspecified atom stereocenters. The van der Waals surface area contributed by atoms with Crippen LogP contribution in [0.4, 0.5) is 5.69 Å². The van der Waals surface area contributed by atoms with Crippen LogP contribution in [-0.4, -0.2) is 24.0 Å². The Morgan fingerprint density at radius 1 is 1.12 bits per heavy atom. The number of hydrogen-bond donors (Lipinski definition) is 1. The second-order valence-corrected chi connectivity index (χ2v) is 5.76. The first-order valence-corrected chi connectivity index (χ1v) is 6.62. The average Bonchev–Trinajstić information content (AvgIpc) is 2.82. The highest BCUT2D eigenvalue weighted by Crippen LogP contribution is 2.32. The van der Waals surface area contributed by atoms with Gasteiger partial charge in [0.2, 0.25) is 0 Å². The lowest BCUT2D eigenvalue weighted by molar-refractivity contribution is 0.180. The summed E-state index contributed by atoms with van der Waals surface area (Å²) >= 11 is 0. The fraction of sp³-hybridized carbons (Fsp3) is 0.600. The van der Waals surface area contributed by atoms with E-state index in [1.165, 1.54) is 31.5 Å². The predicted molar refractivity (Wildman–Crippen MR) is 74.1 cm³/mol. The Morgan fingerprint density at radius 2 is 1.65 bits per heavy atom. The highest BCUT2D eigenvalue weighted by Gasteiger charge is 2.33. The van der Waals surface area contributed by atoms with Crippen LogP contribution in [0.1, 0.15) is 39.2 Å². The third kappa shape index (κ3) is 2.47. The average molecular weight is 232 g/mol. The molecule has 1 aliphatic rings. The zero-order chi connectivity index (χ0) is 12.5. The van der Waals surface area contributed by atoms with Crippen LogP contribution in [0.5, 0.6) is 0 Å². The molecule has 0 spiro atoms. The zero-order valence-corrected chi connectivity index (χ0v) is 11.2. The van der Waals surface area contributed by atoms with Crippen LogP contribution in [0, 0.1) is 0 Å². The maximum Gasteiger partial charge on any atom is 0.0314 e. The van der Waals surface area contributed by atoms with Crippen LogP contribution in [0.3, 0.4) is 0 Å². The molecule has 1 fully saturated rings. The van der Waals surface area contributed by atoms with Crippen molar-refractivity contribution < 1.29 is 0 Å². The van der Waals surface area contributed by atoms with Gasteiger partial charge in [-0.05, 0) is 50.6 Å². The first-order chi connectivity index (χ1) is 8.01. The second-order valence-electron chi connectivity index (χ2n) is 5.76. The van der Waals surface area contributed by atoms with Crippen molar-refractivity contribution in [2.45, 2.75) is 45.1 Å². The third-order valence-electron chi connectivity index (χ3n) is 4.39. The Bertz CT molecular complexity index is 361. The molecule has 0 amide bonds. The van der Waals surface area contributed by atoms with Crippen LogP contribution in [0.2, 0.25) is 0 Å². The largest absolute Gasteiger partial charge is 0.399 e. The molecule has 2 N–H and O–H groups in total. The molecule has 2 nitrogen and oxygen atoms in total. The number of nitrogens with two attached hydrogens (primary N) is 1. The molecule has 1 aromatic rings. The van der Waals surface area contributed by atoms with Crippen molar-refractivity contribution in [2.24, 2.45) is 0 Å². The van der Waals surface area contributed by atoms with E-state index in [0.717, 1.165) is 5.69 Å². The molecule has 1 aromatic carbocycles. The molecule has 0 aromatic heterocycles. The number of anilines is 1. The maximum absolute atomic E-state index is 5.76. The van der Waals surface area contributed by atoms with Crippen LogP contribution in [-0.2, 0) is 5.41 Å². The van der Waals surface area contributed by atoms with Crippen molar-refractivity contribution >= 4 is 5.69 Å². The number of hydrogen-bond acceptors (Lipinski definition) is 2. The van der Waals surface area contributed by atoms with Crippen molar-refractivity contribution in [2.75, 3.05) is 18.8 Å². The molecule has 0 radical (unpaired) electrons. The van der Waals surface area contributed by atoms with Gasteiger partial charge in [-0.15, -0.1) is 0 Å². The number of likely N-dealkylation sites (tertiary alicyclic amines) is 1. The lowest BCUT2D eigenvalue weighted by Crippen LogP contribution is -2.44. The fourth-order valence-electron chi connectivity index (χ4n) is 2.74. The topological polar surface area (TPSA) is 29.3 Å². The standard InChI is InChI=1S/C15H24N2/c1-12(17-10-4-5-11-17)15(2,3)13-6-8-14(16)9-7-13/h6-9,12H,4-5,10-11,16H2,1-3H3. The van der Waals surface area contributed by atoms with E-state index in [9.17, 15) is 0 Å². The summed E-state index contributed by atoms with van der Waals surface area (Å²) in [4.78, 5) is 2.61. The summed E-state index contributed by atoms with van der Waals surface area (Å²) in [5, 5.41) is 0. The van der Waals surface area contributed by atoms with Gasteiger partial charge in [-0.25, -0.2) is 0 Å². The number of benzene rings is 1. The molecule has 1 aliphatic heterocycles. The summed E-state index contributed by atoms with van der Waals surface area (Å²) < 4.78 is 0. The number of nitrogen functional groups attached to an aromatic ring is 1. The van der Waals surface area contributed by atoms with E-state index < -0.39 is 0 Å². The molecule has 1 heterocycles. The molecule has 2 rings (SSSR count). The Kier molecular flexibility index (Phi) is 3.43. The van der Waals surface area contributed by atoms with Gasteiger partial charge in [0.25, 0.3) is 0 Å². The molecule has 0 aliphatic carbocycles. The van der Waals surface area contributed by atoms with Crippen LogP contribution < -0.4 is 5.73 Å². The monoisotopic (exact) mass is 232 g/mol.